The summed E-state index contributed by atoms with van der Waals surface area (Å²) in [6.07, 6.45) is 8.57. The summed E-state index contributed by atoms with van der Waals surface area (Å²) in [5.74, 6) is -1.06. The molecule has 2 aliphatic carbocycles. The maximum Gasteiger partial charge on any atom is 0.269 e. The topological polar surface area (TPSA) is 173 Å². The number of hydrogen-bond acceptors (Lipinski definition) is 11. The van der Waals surface area contributed by atoms with Gasteiger partial charge in [-0.2, -0.15) is 0 Å². The molecule has 6 atom stereocenters. The van der Waals surface area contributed by atoms with Gasteiger partial charge in [0.1, 0.15) is 29.9 Å². The van der Waals surface area contributed by atoms with Crippen molar-refractivity contribution in [3.8, 4) is 17.2 Å². The smallest absolute Gasteiger partial charge is 0.269 e. The average Bonchev–Trinajstić information content (AvgIpc) is 3.21. The number of likely N-dealkylation sites (N-methyl/N-ethyl adjacent to an activating group) is 1. The number of aromatic hydroxyl groups is 1. The van der Waals surface area contributed by atoms with Crippen molar-refractivity contribution in [2.75, 3.05) is 34.0 Å². The van der Waals surface area contributed by atoms with Crippen molar-refractivity contribution in [3.05, 3.63) is 118 Å². The minimum atomic E-state index is -1.42. The Morgan fingerprint density at radius 1 is 1.05 bits per heavy atom. The van der Waals surface area contributed by atoms with E-state index in [-0.39, 0.29) is 74.4 Å². The summed E-state index contributed by atoms with van der Waals surface area (Å²) in [6, 6.07) is 17.9. The Balaban J connectivity index is 1.50. The highest BCUT2D eigenvalue weighted by Crippen LogP contribution is 2.61. The predicted octanol–water partition coefficient (Wildman–Crippen LogP) is 6.84. The number of nitro benzene ring substituents is 1. The lowest BCUT2D eigenvalue weighted by molar-refractivity contribution is -0.384. The number of hydrogen-bond donors (Lipinski definition) is 3. The summed E-state index contributed by atoms with van der Waals surface area (Å²) in [5.41, 5.74) is 3.74. The zero-order valence-corrected chi connectivity index (χ0v) is 32.6. The van der Waals surface area contributed by atoms with E-state index in [1.807, 2.05) is 24.3 Å². The van der Waals surface area contributed by atoms with Gasteiger partial charge in [0.15, 0.2) is 0 Å². The fraction of sp³-hybridized carbons (Fsp3) is 0.455. The number of nitro groups is 1. The molecule has 3 aromatic carbocycles. The van der Waals surface area contributed by atoms with Crippen LogP contribution in [0.2, 0.25) is 0 Å². The first-order valence-corrected chi connectivity index (χ1v) is 19.6. The number of phenolic OH excluding ortho intramolecular Hbond substituents is 1. The molecular weight excluding hydrogens is 730 g/mol. The van der Waals surface area contributed by atoms with Crippen molar-refractivity contribution in [1.29, 1.82) is 0 Å². The van der Waals surface area contributed by atoms with E-state index in [4.69, 9.17) is 24.2 Å². The van der Waals surface area contributed by atoms with Gasteiger partial charge in [-0.15, -0.1) is 6.58 Å². The molecule has 13 heteroatoms. The molecule has 304 valence electrons. The number of methoxy groups -OCH3 is 1. The van der Waals surface area contributed by atoms with Crippen molar-refractivity contribution >= 4 is 17.3 Å². The molecule has 1 amide bonds. The van der Waals surface area contributed by atoms with E-state index in [0.717, 1.165) is 42.4 Å². The Labute approximate surface area is 333 Å². The molecule has 0 spiro atoms. The highest BCUT2D eigenvalue weighted by atomic mass is 16.7. The lowest BCUT2D eigenvalue weighted by Crippen LogP contribution is -2.69. The first-order valence-electron chi connectivity index (χ1n) is 19.6. The number of carbonyl (C=O) groups is 1. The van der Waals surface area contributed by atoms with Crippen LogP contribution in [-0.4, -0.2) is 82.6 Å². The van der Waals surface area contributed by atoms with Gasteiger partial charge in [-0.25, -0.2) is 0 Å². The molecule has 1 heterocycles. The fourth-order valence-electron chi connectivity index (χ4n) is 8.89. The number of aliphatic hydroxyl groups excluding tert-OH is 2. The highest BCUT2D eigenvalue weighted by Gasteiger charge is 2.65. The standard InChI is InChI=1S/C44H53N3O10/c1-4-22-55-44-40(46(2)41(51)24-30-10-9-12-34(23-30)54-3)27-38(45-56-28-29-14-16-32(17-15-29)47(52)53)36-25-31(11-5-7-20-48)35(13-6-8-21-49)42(43(36)44)37-26-33(50)18-19-39(37)57-44/h4,9-10,12,14-19,23,25-26,31,35,40,42-43,48-50H,1,5-8,11,13,20-22,24,27-28H2,2-3H3. The first kappa shape index (κ1) is 41.4. The van der Waals surface area contributed by atoms with Gasteiger partial charge < -0.3 is 39.3 Å². The molecule has 1 fully saturated rings. The zero-order chi connectivity index (χ0) is 40.5. The van der Waals surface area contributed by atoms with Crippen molar-refractivity contribution in [1.82, 2.24) is 4.90 Å². The summed E-state index contributed by atoms with van der Waals surface area (Å²) in [4.78, 5) is 32.9. The number of allylic oxidation sites excluding steroid dienone is 1. The Kier molecular flexibility index (Phi) is 13.7. The molecule has 13 nitrogen and oxygen atoms in total. The predicted molar refractivity (Wildman–Crippen MR) is 214 cm³/mol. The second kappa shape index (κ2) is 18.8. The summed E-state index contributed by atoms with van der Waals surface area (Å²) < 4.78 is 19.4. The third-order valence-electron chi connectivity index (χ3n) is 11.6. The molecular formula is C44H53N3O10. The second-order valence-corrected chi connectivity index (χ2v) is 15.0. The molecule has 0 aromatic heterocycles. The quantitative estimate of drug-likeness (QED) is 0.0506. The van der Waals surface area contributed by atoms with Gasteiger partial charge in [0.05, 0.1) is 36.7 Å². The number of ether oxygens (including phenoxy) is 3. The number of unbranched alkanes of at least 4 members (excludes halogenated alkanes) is 2. The van der Waals surface area contributed by atoms with E-state index < -0.39 is 22.7 Å². The monoisotopic (exact) mass is 783 g/mol. The molecule has 1 saturated carbocycles. The van der Waals surface area contributed by atoms with Crippen LogP contribution in [0.4, 0.5) is 5.69 Å². The van der Waals surface area contributed by atoms with Crippen LogP contribution in [-0.2, 0) is 27.4 Å². The van der Waals surface area contributed by atoms with Gasteiger partial charge in [-0.05, 0) is 96.7 Å². The molecule has 6 unspecified atom stereocenters. The Bertz CT molecular complexity index is 1950. The Morgan fingerprint density at radius 3 is 2.51 bits per heavy atom. The summed E-state index contributed by atoms with van der Waals surface area (Å²) in [5, 5.41) is 46.5. The number of non-ortho nitro benzene ring substituents is 1. The fourth-order valence-corrected chi connectivity index (χ4v) is 8.89. The number of phenols is 1. The maximum absolute atomic E-state index is 14.4. The largest absolute Gasteiger partial charge is 0.508 e. The van der Waals surface area contributed by atoms with Crippen LogP contribution >= 0.6 is 0 Å². The molecule has 3 aromatic rings. The average molecular weight is 784 g/mol. The van der Waals surface area contributed by atoms with Crippen LogP contribution in [0.5, 0.6) is 17.2 Å². The van der Waals surface area contributed by atoms with E-state index in [2.05, 4.69) is 12.7 Å². The molecule has 6 rings (SSSR count). The van der Waals surface area contributed by atoms with Gasteiger partial charge in [-0.1, -0.05) is 42.3 Å². The Morgan fingerprint density at radius 2 is 1.81 bits per heavy atom. The minimum absolute atomic E-state index is 0.0129. The molecule has 0 radical (unpaired) electrons. The SMILES string of the molecule is C=CCOC12Oc3ccc(O)cc3C3C(CCCCO)C(CCCCO)C=C(C(=NOCc4ccc([N+](=O)[O-])cc4)CC1N(C)C(=O)Cc1cccc(OC)c1)C32. The number of aliphatic hydroxyl groups is 2. The number of nitrogens with zero attached hydrogens (tertiary/aromatic N) is 3. The summed E-state index contributed by atoms with van der Waals surface area (Å²) in [6.45, 7) is 4.27. The minimum Gasteiger partial charge on any atom is -0.508 e. The third-order valence-corrected chi connectivity index (χ3v) is 11.6. The Hall–Kier alpha value is -5.24. The second-order valence-electron chi connectivity index (χ2n) is 15.0. The van der Waals surface area contributed by atoms with Gasteiger partial charge >= 0.3 is 0 Å². The lowest BCUT2D eigenvalue weighted by atomic mass is 9.55. The van der Waals surface area contributed by atoms with Gasteiger partial charge in [0.2, 0.25) is 11.7 Å². The van der Waals surface area contributed by atoms with Crippen molar-refractivity contribution in [2.45, 2.75) is 75.7 Å². The van der Waals surface area contributed by atoms with Crippen LogP contribution in [0, 0.1) is 27.9 Å². The maximum atomic E-state index is 14.4. The van der Waals surface area contributed by atoms with Crippen molar-refractivity contribution < 1.29 is 44.1 Å². The lowest BCUT2D eigenvalue weighted by Gasteiger charge is -2.59. The first-order chi connectivity index (χ1) is 27.6. The number of amides is 1. The van der Waals surface area contributed by atoms with Crippen LogP contribution in [0.3, 0.4) is 0 Å². The van der Waals surface area contributed by atoms with Crippen LogP contribution in [0.15, 0.2) is 96.2 Å². The van der Waals surface area contributed by atoms with Crippen molar-refractivity contribution in [2.24, 2.45) is 22.9 Å². The molecule has 1 aliphatic heterocycles. The number of carbonyl (C=O) groups excluding carboxylic acids is 1. The summed E-state index contributed by atoms with van der Waals surface area (Å²) >= 11 is 0. The molecule has 3 N–H and O–H groups in total. The van der Waals surface area contributed by atoms with Gasteiger partial charge in [-0.3, -0.25) is 14.9 Å². The van der Waals surface area contributed by atoms with Gasteiger partial charge in [0, 0.05) is 50.3 Å². The van der Waals surface area contributed by atoms with Gasteiger partial charge in [0.25, 0.3) is 5.69 Å². The van der Waals surface area contributed by atoms with E-state index in [1.165, 1.54) is 12.1 Å². The number of fused-ring (bicyclic) bond motifs is 2. The van der Waals surface area contributed by atoms with E-state index >= 15 is 0 Å². The number of rotatable bonds is 19. The van der Waals surface area contributed by atoms with Crippen LogP contribution < -0.4 is 9.47 Å². The molecule has 57 heavy (non-hydrogen) atoms. The normalized spacial score (nSPS) is 24.0. The van der Waals surface area contributed by atoms with E-state index in [9.17, 15) is 30.2 Å². The third kappa shape index (κ3) is 9.01. The highest BCUT2D eigenvalue weighted by molar-refractivity contribution is 6.03. The molecule has 0 bridgehead atoms. The van der Waals surface area contributed by atoms with Crippen molar-refractivity contribution in [3.63, 3.8) is 0 Å². The molecule has 3 aliphatic rings. The van der Waals surface area contributed by atoms with Crippen LogP contribution in [0.1, 0.15) is 67.6 Å². The number of benzene rings is 3. The number of oxime groups is 1. The van der Waals surface area contributed by atoms with E-state index in [0.29, 0.717) is 35.6 Å². The zero-order valence-electron chi connectivity index (χ0n) is 32.6. The molecule has 0 saturated heterocycles. The van der Waals surface area contributed by atoms with E-state index in [1.54, 1.807) is 55.5 Å². The summed E-state index contributed by atoms with van der Waals surface area (Å²) in [7, 11) is 3.33. The van der Waals surface area contributed by atoms with Crippen LogP contribution in [0.25, 0.3) is 0 Å².